The normalized spacial score (nSPS) is 11.1. The van der Waals surface area contributed by atoms with E-state index >= 15 is 0 Å². The third-order valence-electron chi connectivity index (χ3n) is 2.94. The molecule has 0 amide bonds. The van der Waals surface area contributed by atoms with Crippen LogP contribution < -0.4 is 11.3 Å². The van der Waals surface area contributed by atoms with E-state index in [0.717, 1.165) is 10.3 Å². The molecule has 0 saturated carbocycles. The Bertz CT molecular complexity index is 820. The van der Waals surface area contributed by atoms with Crippen molar-refractivity contribution >= 4 is 38.7 Å². The molecule has 0 aliphatic heterocycles. The van der Waals surface area contributed by atoms with E-state index < -0.39 is 0 Å². The van der Waals surface area contributed by atoms with E-state index in [0.29, 0.717) is 21.1 Å². The summed E-state index contributed by atoms with van der Waals surface area (Å²) in [7, 11) is 0. The Morgan fingerprint density at radius 1 is 1.32 bits per heavy atom. The molecular formula is C13H10ClN3OS. The fourth-order valence-corrected chi connectivity index (χ4v) is 3.02. The molecule has 0 aliphatic rings. The largest absolute Gasteiger partial charge is 0.390 e. The van der Waals surface area contributed by atoms with Crippen molar-refractivity contribution in [3.05, 3.63) is 50.7 Å². The number of nitrogen functional groups attached to an aromatic ring is 1. The Hall–Kier alpha value is -1.85. The van der Waals surface area contributed by atoms with Crippen LogP contribution >= 0.6 is 22.9 Å². The molecule has 1 aromatic carbocycles. The van der Waals surface area contributed by atoms with Gasteiger partial charge in [0.25, 0.3) is 5.56 Å². The Morgan fingerprint density at radius 2 is 2.00 bits per heavy atom. The number of aromatic nitrogens is 2. The molecule has 0 bridgehead atoms. The number of hydrogen-bond acceptors (Lipinski definition) is 4. The van der Waals surface area contributed by atoms with E-state index in [1.54, 1.807) is 30.5 Å². The van der Waals surface area contributed by atoms with Gasteiger partial charge in [-0.15, -0.1) is 11.3 Å². The number of fused-ring (bicyclic) bond motifs is 1. The van der Waals surface area contributed by atoms with Crippen molar-refractivity contribution in [2.45, 2.75) is 6.92 Å². The van der Waals surface area contributed by atoms with E-state index in [-0.39, 0.29) is 5.56 Å². The van der Waals surface area contributed by atoms with Gasteiger partial charge >= 0.3 is 0 Å². The van der Waals surface area contributed by atoms with Crippen molar-refractivity contribution in [2.24, 2.45) is 0 Å². The Labute approximate surface area is 118 Å². The number of rotatable bonds is 1. The average Bonchev–Trinajstić information content (AvgIpc) is 2.67. The first-order valence-electron chi connectivity index (χ1n) is 5.61. The Kier molecular flexibility index (Phi) is 2.80. The molecule has 2 heterocycles. The van der Waals surface area contributed by atoms with Crippen molar-refractivity contribution in [1.82, 2.24) is 9.78 Å². The smallest absolute Gasteiger partial charge is 0.282 e. The van der Waals surface area contributed by atoms with E-state index in [1.807, 2.05) is 6.92 Å². The van der Waals surface area contributed by atoms with Crippen LogP contribution in [0.15, 0.2) is 35.3 Å². The fourth-order valence-electron chi connectivity index (χ4n) is 2.00. The molecule has 0 aliphatic carbocycles. The molecule has 3 aromatic rings. The minimum absolute atomic E-state index is 0.207. The molecule has 2 N–H and O–H groups in total. The van der Waals surface area contributed by atoms with Gasteiger partial charge in [-0.25, -0.2) is 0 Å². The van der Waals surface area contributed by atoms with Gasteiger partial charge in [-0.05, 0) is 31.2 Å². The number of aryl methyl sites for hydroxylation is 1. The summed E-state index contributed by atoms with van der Waals surface area (Å²) in [5, 5.41) is 6.69. The van der Waals surface area contributed by atoms with Gasteiger partial charge in [-0.1, -0.05) is 11.6 Å². The summed E-state index contributed by atoms with van der Waals surface area (Å²) in [5.41, 5.74) is 6.36. The predicted molar refractivity (Wildman–Crippen MR) is 79.4 cm³/mol. The van der Waals surface area contributed by atoms with Crippen molar-refractivity contribution < 1.29 is 0 Å². The van der Waals surface area contributed by atoms with Gasteiger partial charge in [0.15, 0.2) is 0 Å². The topological polar surface area (TPSA) is 60.9 Å². The highest BCUT2D eigenvalue weighted by Gasteiger charge is 2.13. The number of halogens is 1. The van der Waals surface area contributed by atoms with Crippen LogP contribution in [0.25, 0.3) is 16.5 Å². The number of anilines is 1. The third-order valence-corrected chi connectivity index (χ3v) is 4.14. The molecular weight excluding hydrogens is 282 g/mol. The van der Waals surface area contributed by atoms with Crippen LogP contribution in [0.2, 0.25) is 5.02 Å². The summed E-state index contributed by atoms with van der Waals surface area (Å²) < 4.78 is 1.33. The second-order valence-corrected chi connectivity index (χ2v) is 5.84. The molecule has 0 unspecified atom stereocenters. The lowest BCUT2D eigenvalue weighted by Gasteiger charge is -2.04. The molecule has 3 rings (SSSR count). The van der Waals surface area contributed by atoms with Crippen LogP contribution in [0.4, 0.5) is 5.00 Å². The summed E-state index contributed by atoms with van der Waals surface area (Å²) in [6.45, 7) is 1.93. The maximum atomic E-state index is 12.4. The molecule has 0 saturated heterocycles. The number of benzene rings is 1. The molecule has 19 heavy (non-hydrogen) atoms. The van der Waals surface area contributed by atoms with Gasteiger partial charge in [-0.2, -0.15) is 9.78 Å². The lowest BCUT2D eigenvalue weighted by molar-refractivity contribution is 0.822. The van der Waals surface area contributed by atoms with Crippen molar-refractivity contribution in [1.29, 1.82) is 0 Å². The molecule has 0 atom stereocenters. The zero-order chi connectivity index (χ0) is 13.6. The fraction of sp³-hybridized carbons (Fsp3) is 0.0769. The van der Waals surface area contributed by atoms with E-state index in [4.69, 9.17) is 17.3 Å². The lowest BCUT2D eigenvalue weighted by atomic mass is 10.2. The van der Waals surface area contributed by atoms with Crippen LogP contribution in [0.5, 0.6) is 0 Å². The van der Waals surface area contributed by atoms with Gasteiger partial charge in [0.2, 0.25) is 0 Å². The standard InChI is InChI=1S/C13H10ClN3OS/c1-7-10-6-16-17(9-4-2-8(14)3-5-9)13(18)11(10)12(15)19-7/h2-6H,15H2,1H3. The van der Waals surface area contributed by atoms with Crippen LogP contribution in [0.1, 0.15) is 4.88 Å². The maximum Gasteiger partial charge on any atom is 0.282 e. The molecule has 0 spiro atoms. The molecule has 0 radical (unpaired) electrons. The van der Waals surface area contributed by atoms with Crippen molar-refractivity contribution in [2.75, 3.05) is 5.73 Å². The highest BCUT2D eigenvalue weighted by Crippen LogP contribution is 2.29. The number of nitrogens with two attached hydrogens (primary N) is 1. The third kappa shape index (κ3) is 1.91. The number of nitrogens with zero attached hydrogens (tertiary/aromatic N) is 2. The van der Waals surface area contributed by atoms with Gasteiger partial charge in [0.05, 0.1) is 22.3 Å². The maximum absolute atomic E-state index is 12.4. The highest BCUT2D eigenvalue weighted by atomic mass is 35.5. The first-order chi connectivity index (χ1) is 9.08. The first kappa shape index (κ1) is 12.2. The molecule has 0 fully saturated rings. The van der Waals surface area contributed by atoms with E-state index in [1.165, 1.54) is 16.0 Å². The Morgan fingerprint density at radius 3 is 2.68 bits per heavy atom. The minimum atomic E-state index is -0.207. The summed E-state index contributed by atoms with van der Waals surface area (Å²) in [6, 6.07) is 6.94. The second kappa shape index (κ2) is 4.36. The van der Waals surface area contributed by atoms with Crippen molar-refractivity contribution in [3.63, 3.8) is 0 Å². The summed E-state index contributed by atoms with van der Waals surface area (Å²) >= 11 is 7.24. The van der Waals surface area contributed by atoms with Gasteiger partial charge in [0.1, 0.15) is 0 Å². The van der Waals surface area contributed by atoms with Gasteiger partial charge < -0.3 is 5.73 Å². The Balaban J connectivity index is 2.32. The minimum Gasteiger partial charge on any atom is -0.390 e. The molecule has 96 valence electrons. The summed E-state index contributed by atoms with van der Waals surface area (Å²) in [4.78, 5) is 13.4. The molecule has 4 nitrogen and oxygen atoms in total. The quantitative estimate of drug-likeness (QED) is 0.750. The van der Waals surface area contributed by atoms with Gasteiger partial charge in [0, 0.05) is 15.3 Å². The van der Waals surface area contributed by atoms with Crippen LogP contribution in [-0.4, -0.2) is 9.78 Å². The summed E-state index contributed by atoms with van der Waals surface area (Å²) in [6.07, 6.45) is 1.67. The lowest BCUT2D eigenvalue weighted by Crippen LogP contribution is -2.20. The van der Waals surface area contributed by atoms with E-state index in [2.05, 4.69) is 5.10 Å². The van der Waals surface area contributed by atoms with Crippen molar-refractivity contribution in [3.8, 4) is 5.69 Å². The number of thiophene rings is 1. The van der Waals surface area contributed by atoms with Crippen LogP contribution in [-0.2, 0) is 0 Å². The van der Waals surface area contributed by atoms with Crippen LogP contribution in [0.3, 0.4) is 0 Å². The SMILES string of the molecule is Cc1sc(N)c2c(=O)n(-c3ccc(Cl)cc3)ncc12. The molecule has 2 aromatic heterocycles. The van der Waals surface area contributed by atoms with E-state index in [9.17, 15) is 4.79 Å². The van der Waals surface area contributed by atoms with Gasteiger partial charge in [-0.3, -0.25) is 4.79 Å². The monoisotopic (exact) mass is 291 g/mol. The number of hydrogen-bond donors (Lipinski definition) is 1. The highest BCUT2D eigenvalue weighted by molar-refractivity contribution is 7.17. The molecule has 6 heteroatoms. The second-order valence-electron chi connectivity index (χ2n) is 4.15. The first-order valence-corrected chi connectivity index (χ1v) is 6.80. The van der Waals surface area contributed by atoms with Crippen LogP contribution in [0, 0.1) is 6.92 Å². The predicted octanol–water partition coefficient (Wildman–Crippen LogP) is 2.99. The zero-order valence-corrected chi connectivity index (χ0v) is 11.6. The average molecular weight is 292 g/mol. The zero-order valence-electron chi connectivity index (χ0n) is 10.1. The summed E-state index contributed by atoms with van der Waals surface area (Å²) in [5.74, 6) is 0.